The van der Waals surface area contributed by atoms with Crippen LogP contribution in [0.3, 0.4) is 0 Å². The Bertz CT molecular complexity index is 849. The van der Waals surface area contributed by atoms with Crippen molar-refractivity contribution in [3.8, 4) is 11.5 Å². The van der Waals surface area contributed by atoms with Crippen LogP contribution in [0.15, 0.2) is 54.0 Å². The minimum atomic E-state index is -0.117. The van der Waals surface area contributed by atoms with E-state index in [0.29, 0.717) is 30.2 Å². The molecular weight excluding hydrogens is 348 g/mol. The molecule has 0 saturated carbocycles. The van der Waals surface area contributed by atoms with E-state index in [1.165, 1.54) is 0 Å². The average Bonchev–Trinajstić information content (AvgIpc) is 3.32. The summed E-state index contributed by atoms with van der Waals surface area (Å²) >= 11 is 1.64. The molecule has 3 aromatic rings. The summed E-state index contributed by atoms with van der Waals surface area (Å²) in [4.78, 5) is 16.4. The molecule has 0 atom stereocenters. The van der Waals surface area contributed by atoms with E-state index in [9.17, 15) is 4.79 Å². The number of carbonyl (C=O) groups excluding carboxylic acids is 1. The fraction of sp³-hybridized carbons (Fsp3) is 0.250. The SMILES string of the molecule is COc1cccc(OC)c1C(=O)N(Cc1cccs1)Cc1cccn1C. The summed E-state index contributed by atoms with van der Waals surface area (Å²) in [6.45, 7) is 1.03. The smallest absolute Gasteiger partial charge is 0.262 e. The standard InChI is InChI=1S/C20H22N2O3S/c1-21-11-5-7-15(21)13-22(14-16-8-6-12-26-16)20(23)19-17(24-2)9-4-10-18(19)25-3/h4-12H,13-14H2,1-3H3. The summed E-state index contributed by atoms with van der Waals surface area (Å²) in [5, 5.41) is 2.02. The van der Waals surface area contributed by atoms with Gasteiger partial charge < -0.3 is 18.9 Å². The zero-order valence-corrected chi connectivity index (χ0v) is 16.0. The topological polar surface area (TPSA) is 43.7 Å². The molecule has 0 unspecified atom stereocenters. The van der Waals surface area contributed by atoms with Crippen molar-refractivity contribution in [3.05, 3.63) is 70.2 Å². The van der Waals surface area contributed by atoms with Gasteiger partial charge in [0.15, 0.2) is 0 Å². The quantitative estimate of drug-likeness (QED) is 0.633. The van der Waals surface area contributed by atoms with Gasteiger partial charge in [-0.3, -0.25) is 4.79 Å². The lowest BCUT2D eigenvalue weighted by atomic mass is 10.1. The van der Waals surface area contributed by atoms with Gasteiger partial charge in [-0.2, -0.15) is 0 Å². The van der Waals surface area contributed by atoms with Crippen LogP contribution >= 0.6 is 11.3 Å². The zero-order valence-electron chi connectivity index (χ0n) is 15.1. The molecule has 3 rings (SSSR count). The van der Waals surface area contributed by atoms with E-state index in [1.807, 2.05) is 58.4 Å². The predicted octanol–water partition coefficient (Wildman–Crippen LogP) is 3.95. The first kappa shape index (κ1) is 18.1. The van der Waals surface area contributed by atoms with Crippen molar-refractivity contribution >= 4 is 17.2 Å². The van der Waals surface area contributed by atoms with Gasteiger partial charge in [-0.15, -0.1) is 11.3 Å². The van der Waals surface area contributed by atoms with Crippen LogP contribution in [0, 0.1) is 0 Å². The lowest BCUT2D eigenvalue weighted by molar-refractivity contribution is 0.0721. The highest BCUT2D eigenvalue weighted by molar-refractivity contribution is 7.09. The lowest BCUT2D eigenvalue weighted by Crippen LogP contribution is -2.31. The number of nitrogens with zero attached hydrogens (tertiary/aromatic N) is 2. The van der Waals surface area contributed by atoms with Crippen molar-refractivity contribution in [2.45, 2.75) is 13.1 Å². The molecule has 2 aromatic heterocycles. The fourth-order valence-corrected chi connectivity index (χ4v) is 3.59. The molecule has 0 aliphatic heterocycles. The van der Waals surface area contributed by atoms with Gasteiger partial charge in [-0.05, 0) is 35.7 Å². The van der Waals surface area contributed by atoms with Crippen LogP contribution in [0.4, 0.5) is 0 Å². The highest BCUT2D eigenvalue weighted by atomic mass is 32.1. The molecule has 5 nitrogen and oxygen atoms in total. The number of thiophene rings is 1. The second kappa shape index (κ2) is 8.10. The maximum atomic E-state index is 13.4. The van der Waals surface area contributed by atoms with Gasteiger partial charge in [0.2, 0.25) is 0 Å². The number of methoxy groups -OCH3 is 2. The third kappa shape index (κ3) is 3.75. The minimum absolute atomic E-state index is 0.117. The summed E-state index contributed by atoms with van der Waals surface area (Å²) in [7, 11) is 5.10. The van der Waals surface area contributed by atoms with Crippen LogP contribution in [-0.4, -0.2) is 29.6 Å². The van der Waals surface area contributed by atoms with Crippen molar-refractivity contribution in [1.29, 1.82) is 0 Å². The molecule has 0 bridgehead atoms. The first-order valence-electron chi connectivity index (χ1n) is 8.27. The Hall–Kier alpha value is -2.73. The number of hydrogen-bond donors (Lipinski definition) is 0. The maximum absolute atomic E-state index is 13.4. The molecule has 2 heterocycles. The minimum Gasteiger partial charge on any atom is -0.496 e. The first-order chi connectivity index (χ1) is 12.6. The largest absolute Gasteiger partial charge is 0.496 e. The predicted molar refractivity (Wildman–Crippen MR) is 103 cm³/mol. The second-order valence-corrected chi connectivity index (χ2v) is 6.92. The Balaban J connectivity index is 1.98. The fourth-order valence-electron chi connectivity index (χ4n) is 2.87. The molecule has 0 fully saturated rings. The Morgan fingerprint density at radius 3 is 2.31 bits per heavy atom. The number of rotatable bonds is 7. The van der Waals surface area contributed by atoms with Crippen LogP contribution in [0.5, 0.6) is 11.5 Å². The molecule has 0 saturated heterocycles. The Labute approximate surface area is 157 Å². The zero-order chi connectivity index (χ0) is 18.5. The molecule has 1 amide bonds. The highest BCUT2D eigenvalue weighted by Crippen LogP contribution is 2.31. The van der Waals surface area contributed by atoms with E-state index in [2.05, 4.69) is 0 Å². The monoisotopic (exact) mass is 370 g/mol. The van der Waals surface area contributed by atoms with Gasteiger partial charge >= 0.3 is 0 Å². The third-order valence-electron chi connectivity index (χ3n) is 4.26. The van der Waals surface area contributed by atoms with Gasteiger partial charge in [0.1, 0.15) is 17.1 Å². The van der Waals surface area contributed by atoms with Crippen molar-refractivity contribution in [2.24, 2.45) is 7.05 Å². The number of amides is 1. The number of aromatic nitrogens is 1. The van der Waals surface area contributed by atoms with Gasteiger partial charge in [0, 0.05) is 23.8 Å². The lowest BCUT2D eigenvalue weighted by Gasteiger charge is -2.24. The molecule has 0 aliphatic carbocycles. The van der Waals surface area contributed by atoms with E-state index >= 15 is 0 Å². The number of carbonyl (C=O) groups is 1. The molecule has 1 aromatic carbocycles. The van der Waals surface area contributed by atoms with Crippen LogP contribution in [-0.2, 0) is 20.1 Å². The van der Waals surface area contributed by atoms with Crippen LogP contribution in [0.25, 0.3) is 0 Å². The molecule has 0 N–H and O–H groups in total. The number of hydrogen-bond acceptors (Lipinski definition) is 4. The summed E-state index contributed by atoms with van der Waals surface area (Å²) < 4.78 is 12.9. The first-order valence-corrected chi connectivity index (χ1v) is 9.15. The molecule has 0 spiro atoms. The summed E-state index contributed by atoms with van der Waals surface area (Å²) in [5.41, 5.74) is 1.51. The summed E-state index contributed by atoms with van der Waals surface area (Å²) in [5.74, 6) is 0.906. The summed E-state index contributed by atoms with van der Waals surface area (Å²) in [6, 6.07) is 13.4. The van der Waals surface area contributed by atoms with Crippen molar-refractivity contribution < 1.29 is 14.3 Å². The molecule has 26 heavy (non-hydrogen) atoms. The van der Waals surface area contributed by atoms with E-state index in [1.54, 1.807) is 37.7 Å². The van der Waals surface area contributed by atoms with Crippen LogP contribution in [0.2, 0.25) is 0 Å². The van der Waals surface area contributed by atoms with Gasteiger partial charge in [-0.1, -0.05) is 12.1 Å². The molecule has 6 heteroatoms. The molecule has 0 radical (unpaired) electrons. The number of aryl methyl sites for hydroxylation is 1. The molecular formula is C20H22N2O3S. The molecule has 136 valence electrons. The Kier molecular flexibility index (Phi) is 5.63. The van der Waals surface area contributed by atoms with Crippen molar-refractivity contribution in [2.75, 3.05) is 14.2 Å². The van der Waals surface area contributed by atoms with Gasteiger partial charge in [0.25, 0.3) is 5.91 Å². The normalized spacial score (nSPS) is 10.6. The van der Waals surface area contributed by atoms with E-state index in [-0.39, 0.29) is 5.91 Å². The average molecular weight is 370 g/mol. The van der Waals surface area contributed by atoms with Gasteiger partial charge in [0.05, 0.1) is 27.3 Å². The van der Waals surface area contributed by atoms with Gasteiger partial charge in [-0.25, -0.2) is 0 Å². The Morgan fingerprint density at radius 1 is 1.04 bits per heavy atom. The highest BCUT2D eigenvalue weighted by Gasteiger charge is 2.25. The van der Waals surface area contributed by atoms with Crippen molar-refractivity contribution in [3.63, 3.8) is 0 Å². The number of benzene rings is 1. The summed E-state index contributed by atoms with van der Waals surface area (Å²) in [6.07, 6.45) is 1.98. The molecule has 0 aliphatic rings. The van der Waals surface area contributed by atoms with E-state index in [4.69, 9.17) is 9.47 Å². The maximum Gasteiger partial charge on any atom is 0.262 e. The van der Waals surface area contributed by atoms with E-state index in [0.717, 1.165) is 10.6 Å². The van der Waals surface area contributed by atoms with Crippen molar-refractivity contribution in [1.82, 2.24) is 9.47 Å². The Morgan fingerprint density at radius 2 is 1.77 bits per heavy atom. The van der Waals surface area contributed by atoms with Crippen LogP contribution < -0.4 is 9.47 Å². The van der Waals surface area contributed by atoms with Crippen LogP contribution in [0.1, 0.15) is 20.9 Å². The van der Waals surface area contributed by atoms with E-state index < -0.39 is 0 Å². The third-order valence-corrected chi connectivity index (χ3v) is 5.12. The number of ether oxygens (including phenoxy) is 2. The second-order valence-electron chi connectivity index (χ2n) is 5.89.